The Bertz CT molecular complexity index is 1920. The van der Waals surface area contributed by atoms with E-state index < -0.39 is 12.7 Å². The zero-order valence-corrected chi connectivity index (χ0v) is 24.3. The van der Waals surface area contributed by atoms with E-state index in [0.717, 1.165) is 5.46 Å². The average molecular weight is 522 g/mol. The Balaban J connectivity index is 1.56. The van der Waals surface area contributed by atoms with Gasteiger partial charge in [-0.2, -0.15) is 0 Å². The van der Waals surface area contributed by atoms with Crippen molar-refractivity contribution in [2.75, 3.05) is 0 Å². The molecule has 2 nitrogen and oxygen atoms in total. The molecule has 0 N–H and O–H groups in total. The van der Waals surface area contributed by atoms with Crippen molar-refractivity contribution in [3.8, 4) is 11.1 Å². The second-order valence-corrected chi connectivity index (χ2v) is 12.4. The third-order valence-corrected chi connectivity index (χ3v) is 8.91. The molecule has 0 unspecified atom stereocenters. The second kappa shape index (κ2) is 8.84. The molecule has 40 heavy (non-hydrogen) atoms. The smallest absolute Gasteiger partial charge is 0.534 e. The van der Waals surface area contributed by atoms with Crippen LogP contribution in [0, 0.1) is 0 Å². The van der Waals surface area contributed by atoms with Gasteiger partial charge in [-0.05, 0) is 91.0 Å². The Morgan fingerprint density at radius 1 is 0.625 bits per heavy atom. The maximum atomic E-state index is 6.32. The second-order valence-electron chi connectivity index (χ2n) is 12.4. The summed E-state index contributed by atoms with van der Waals surface area (Å²) in [5.41, 5.74) is 6.09. The lowest BCUT2D eigenvalue weighted by molar-refractivity contribution is 0.173. The van der Waals surface area contributed by atoms with Gasteiger partial charge in [-0.3, -0.25) is 0 Å². The van der Waals surface area contributed by atoms with Crippen molar-refractivity contribution in [1.82, 2.24) is 0 Å². The lowest BCUT2D eigenvalue weighted by atomic mass is 9.74. The minimum absolute atomic E-state index is 0.438. The molecule has 0 radical (unpaired) electrons. The van der Waals surface area contributed by atoms with Gasteiger partial charge in [-0.25, -0.2) is 0 Å². The molecule has 1 saturated heterocycles. The molecule has 6 aromatic carbocycles. The molecule has 0 aliphatic carbocycles. The predicted molar refractivity (Wildman–Crippen MR) is 172 cm³/mol. The molecule has 0 spiro atoms. The minimum atomic E-state index is -0.514. The number of rotatable bonds is 4. The summed E-state index contributed by atoms with van der Waals surface area (Å²) in [6.07, 6.45) is 0. The van der Waals surface area contributed by atoms with Crippen LogP contribution in [0.4, 0.5) is 0 Å². The Morgan fingerprint density at radius 3 is 1.70 bits per heavy atom. The van der Waals surface area contributed by atoms with Crippen molar-refractivity contribution in [1.29, 1.82) is 0 Å². The van der Waals surface area contributed by atoms with Crippen LogP contribution in [0.5, 0.6) is 0 Å². The standard InChI is InChI=1S/C37H35BO2/c1-21(2)24-11-8-12-25(22(3)4)34(24)29-17-18-30-31-19-20-33(38-39-23(5)37(6,7)40-38)32-16-10-15-27(36(31)32)26-13-9-14-28(29)35(26)30/h8-22H,5H2,1-4,6-7H3. The monoisotopic (exact) mass is 522 g/mol. The van der Waals surface area contributed by atoms with Crippen LogP contribution in [0.1, 0.15) is 64.5 Å². The molecule has 6 aromatic rings. The van der Waals surface area contributed by atoms with Gasteiger partial charge >= 0.3 is 7.12 Å². The van der Waals surface area contributed by atoms with Crippen molar-refractivity contribution in [3.05, 3.63) is 102 Å². The zero-order chi connectivity index (χ0) is 27.9. The van der Waals surface area contributed by atoms with Crippen LogP contribution in [0.25, 0.3) is 54.2 Å². The maximum Gasteiger partial charge on any atom is 0.563 e. The average Bonchev–Trinajstić information content (AvgIpc) is 3.22. The summed E-state index contributed by atoms with van der Waals surface area (Å²) in [5, 5.41) is 10.2. The van der Waals surface area contributed by atoms with E-state index in [0.29, 0.717) is 17.6 Å². The molecule has 0 saturated carbocycles. The summed E-state index contributed by atoms with van der Waals surface area (Å²) in [4.78, 5) is 0. The largest absolute Gasteiger partial charge is 0.563 e. The van der Waals surface area contributed by atoms with Gasteiger partial charge in [-0.1, -0.05) is 113 Å². The fraction of sp³-hybridized carbons (Fsp3) is 0.243. The van der Waals surface area contributed by atoms with E-state index in [-0.39, 0.29) is 0 Å². The summed E-state index contributed by atoms with van der Waals surface area (Å²) in [6.45, 7) is 17.3. The van der Waals surface area contributed by atoms with Crippen LogP contribution in [-0.2, 0) is 9.31 Å². The molecule has 1 fully saturated rings. The fourth-order valence-electron chi connectivity index (χ4n) is 6.77. The molecule has 0 aromatic heterocycles. The first-order valence-electron chi connectivity index (χ1n) is 14.5. The van der Waals surface area contributed by atoms with Gasteiger partial charge in [0.1, 0.15) is 5.60 Å². The van der Waals surface area contributed by atoms with E-state index in [4.69, 9.17) is 9.31 Å². The van der Waals surface area contributed by atoms with Crippen LogP contribution >= 0.6 is 0 Å². The van der Waals surface area contributed by atoms with Gasteiger partial charge in [0.25, 0.3) is 0 Å². The third kappa shape index (κ3) is 3.54. The normalized spacial score (nSPS) is 15.5. The van der Waals surface area contributed by atoms with E-state index in [1.54, 1.807) is 0 Å². The van der Waals surface area contributed by atoms with E-state index in [2.05, 4.69) is 113 Å². The van der Waals surface area contributed by atoms with Crippen LogP contribution in [0.15, 0.2) is 91.2 Å². The van der Waals surface area contributed by atoms with Crippen molar-refractivity contribution >= 4 is 55.7 Å². The SMILES string of the molecule is C=C1OB(c2ccc3c4ccc(-c5c(C(C)C)cccc5C(C)C)c5cccc(c6cccc2c63)c54)OC1(C)C. The van der Waals surface area contributed by atoms with Gasteiger partial charge in [0.2, 0.25) is 0 Å². The molecule has 3 heteroatoms. The molecule has 1 heterocycles. The van der Waals surface area contributed by atoms with Crippen LogP contribution in [0.3, 0.4) is 0 Å². The lowest BCUT2D eigenvalue weighted by Gasteiger charge is -2.23. The molecule has 7 rings (SSSR count). The predicted octanol–water partition coefficient (Wildman–Crippen LogP) is 9.69. The highest BCUT2D eigenvalue weighted by Gasteiger charge is 2.43. The van der Waals surface area contributed by atoms with Crippen LogP contribution in [0.2, 0.25) is 0 Å². The summed E-state index contributed by atoms with van der Waals surface area (Å²) in [7, 11) is -0.464. The van der Waals surface area contributed by atoms with Gasteiger partial charge in [0, 0.05) is 5.46 Å². The van der Waals surface area contributed by atoms with Crippen molar-refractivity contribution < 1.29 is 9.31 Å². The number of hydrogen-bond donors (Lipinski definition) is 0. The van der Waals surface area contributed by atoms with E-state index in [1.165, 1.54) is 65.3 Å². The molecular formula is C37H35BO2. The van der Waals surface area contributed by atoms with E-state index in [1.807, 2.05) is 13.8 Å². The number of hydrogen-bond acceptors (Lipinski definition) is 2. The van der Waals surface area contributed by atoms with Crippen molar-refractivity contribution in [2.45, 2.75) is 59.0 Å². The Labute approximate surface area is 237 Å². The highest BCUT2D eigenvalue weighted by molar-refractivity contribution is 6.66. The quantitative estimate of drug-likeness (QED) is 0.130. The van der Waals surface area contributed by atoms with Crippen LogP contribution in [-0.4, -0.2) is 12.7 Å². The third-order valence-electron chi connectivity index (χ3n) is 8.91. The topological polar surface area (TPSA) is 18.5 Å². The van der Waals surface area contributed by atoms with Gasteiger partial charge < -0.3 is 9.31 Å². The first-order chi connectivity index (χ1) is 19.2. The highest BCUT2D eigenvalue weighted by Crippen LogP contribution is 2.45. The molecule has 0 amide bonds. The molecule has 0 bridgehead atoms. The molecule has 1 aliphatic heterocycles. The van der Waals surface area contributed by atoms with Gasteiger partial charge in [0.15, 0.2) is 0 Å². The summed E-state index contributed by atoms with van der Waals surface area (Å²) < 4.78 is 12.5. The summed E-state index contributed by atoms with van der Waals surface area (Å²) in [5.74, 6) is 1.55. The van der Waals surface area contributed by atoms with E-state index in [9.17, 15) is 0 Å². The van der Waals surface area contributed by atoms with Crippen molar-refractivity contribution in [3.63, 3.8) is 0 Å². The Hall–Kier alpha value is -3.82. The van der Waals surface area contributed by atoms with Gasteiger partial charge in [0.05, 0.1) is 5.76 Å². The van der Waals surface area contributed by atoms with Gasteiger partial charge in [-0.15, -0.1) is 0 Å². The fourth-order valence-corrected chi connectivity index (χ4v) is 6.77. The molecular weight excluding hydrogens is 487 g/mol. The summed E-state index contributed by atoms with van der Waals surface area (Å²) in [6, 6.07) is 29.4. The summed E-state index contributed by atoms with van der Waals surface area (Å²) >= 11 is 0. The lowest BCUT2D eigenvalue weighted by Crippen LogP contribution is -2.35. The highest BCUT2D eigenvalue weighted by atomic mass is 16.7. The Kier molecular flexibility index (Phi) is 5.57. The minimum Gasteiger partial charge on any atom is -0.534 e. The maximum absolute atomic E-state index is 6.32. The number of fused-ring (bicyclic) bond motifs is 2. The zero-order valence-electron chi connectivity index (χ0n) is 24.3. The molecule has 0 atom stereocenters. The molecule has 198 valence electrons. The first kappa shape index (κ1) is 25.2. The number of benzene rings is 6. The Morgan fingerprint density at radius 2 is 1.12 bits per heavy atom. The molecule has 1 aliphatic rings. The van der Waals surface area contributed by atoms with E-state index >= 15 is 0 Å². The first-order valence-corrected chi connectivity index (χ1v) is 14.5. The van der Waals surface area contributed by atoms with Crippen molar-refractivity contribution in [2.24, 2.45) is 0 Å². The van der Waals surface area contributed by atoms with Crippen LogP contribution < -0.4 is 5.46 Å².